The number of aliphatic hydroxyl groups excluding tert-OH is 1. The second-order valence-electron chi connectivity index (χ2n) is 11.7. The van der Waals surface area contributed by atoms with Crippen LogP contribution in [0.25, 0.3) is 0 Å². The third-order valence-electron chi connectivity index (χ3n) is 9.60. The minimum atomic E-state index is -0.832. The molecule has 35 heavy (non-hydrogen) atoms. The first-order chi connectivity index (χ1) is 16.9. The minimum Gasteiger partial charge on any atom is -0.508 e. The van der Waals surface area contributed by atoms with E-state index < -0.39 is 6.23 Å². The molecule has 2 saturated heterocycles. The maximum atomic E-state index is 13.2. The van der Waals surface area contributed by atoms with Crippen molar-refractivity contribution in [2.45, 2.75) is 76.5 Å². The molecule has 2 aliphatic heterocycles. The zero-order valence-corrected chi connectivity index (χ0v) is 21.1. The van der Waals surface area contributed by atoms with E-state index in [0.717, 1.165) is 63.4 Å². The molecule has 1 aromatic carbocycles. The number of rotatable bonds is 5. The smallest absolute Gasteiger partial charge is 0.255 e. The van der Waals surface area contributed by atoms with Crippen LogP contribution in [0.2, 0.25) is 0 Å². The fourth-order valence-electron chi connectivity index (χ4n) is 7.40. The number of aryl methyl sites for hydroxylation is 1. The summed E-state index contributed by atoms with van der Waals surface area (Å²) in [4.78, 5) is 21.1. The Hall–Kier alpha value is -2.15. The number of nitrogens with zero attached hydrogens (tertiary/aromatic N) is 2. The molecule has 4 aliphatic rings. The lowest BCUT2D eigenvalue weighted by Crippen LogP contribution is -2.59. The summed E-state index contributed by atoms with van der Waals surface area (Å²) in [6.07, 6.45) is 6.70. The summed E-state index contributed by atoms with van der Waals surface area (Å²) in [5.74, 6) is 1.54. The largest absolute Gasteiger partial charge is 0.508 e. The summed E-state index contributed by atoms with van der Waals surface area (Å²) in [5, 5.41) is 21.4. The highest BCUT2D eigenvalue weighted by molar-refractivity contribution is 5.45. The van der Waals surface area contributed by atoms with Crippen molar-refractivity contribution in [2.24, 2.45) is 11.8 Å². The normalized spacial score (nSPS) is 30.1. The van der Waals surface area contributed by atoms with Crippen LogP contribution in [-0.2, 0) is 18.3 Å². The van der Waals surface area contributed by atoms with Gasteiger partial charge in [0.15, 0.2) is 0 Å². The number of phenols is 1. The molecule has 1 saturated carbocycles. The molecule has 0 spiro atoms. The number of hydrogen-bond acceptors (Lipinski definition) is 5. The molecular formula is C29H39N3O3. The summed E-state index contributed by atoms with van der Waals surface area (Å²) < 4.78 is 0. The van der Waals surface area contributed by atoms with Gasteiger partial charge in [0.25, 0.3) is 5.56 Å². The number of H-pyrrole nitrogens is 1. The number of aliphatic hydroxyl groups is 1. The summed E-state index contributed by atoms with van der Waals surface area (Å²) in [6, 6.07) is 8.20. The van der Waals surface area contributed by atoms with E-state index in [4.69, 9.17) is 0 Å². The Morgan fingerprint density at radius 3 is 2.69 bits per heavy atom. The van der Waals surface area contributed by atoms with Crippen LogP contribution in [0.15, 0.2) is 29.1 Å². The number of fused-ring (bicyclic) bond motifs is 2. The Morgan fingerprint density at radius 2 is 1.94 bits per heavy atom. The zero-order valence-electron chi connectivity index (χ0n) is 21.1. The molecule has 2 aliphatic carbocycles. The van der Waals surface area contributed by atoms with E-state index in [0.29, 0.717) is 23.3 Å². The molecule has 0 radical (unpaired) electrons. The van der Waals surface area contributed by atoms with Gasteiger partial charge in [-0.05, 0) is 112 Å². The van der Waals surface area contributed by atoms with Gasteiger partial charge in [0.05, 0.1) is 5.56 Å². The second-order valence-corrected chi connectivity index (χ2v) is 11.7. The van der Waals surface area contributed by atoms with E-state index in [-0.39, 0.29) is 11.0 Å². The van der Waals surface area contributed by atoms with Gasteiger partial charge in [-0.2, -0.15) is 0 Å². The fraction of sp³-hybridized carbons (Fsp3) is 0.621. The third kappa shape index (κ3) is 4.04. The Morgan fingerprint density at radius 1 is 1.17 bits per heavy atom. The first-order valence-corrected chi connectivity index (χ1v) is 13.6. The third-order valence-corrected chi connectivity index (χ3v) is 9.60. The number of nitrogens with one attached hydrogen (secondary N) is 1. The predicted octanol–water partition coefficient (Wildman–Crippen LogP) is 3.63. The van der Waals surface area contributed by atoms with E-state index in [9.17, 15) is 15.0 Å². The maximum absolute atomic E-state index is 13.2. The van der Waals surface area contributed by atoms with Crippen LogP contribution in [0.5, 0.6) is 5.75 Å². The standard InChI is InChI=1S/C29H39N3O3/c1-18-5-8-22(33)15-24(18)29-9-12-32(17-20-6-7-20)19(2)25(29)14-21-13-23(27(34)30-26(21)16-29)28(35)31-10-3-4-11-31/h5,8,13,15,19-20,25,28,33,35H,3-4,6-7,9-12,14,16-17H2,1-2H3,(H,30,34)/t19-,25+,28?,29-/m1/s1. The van der Waals surface area contributed by atoms with Crippen LogP contribution in [0.1, 0.15) is 73.2 Å². The number of likely N-dealkylation sites (tertiary alicyclic amines) is 2. The van der Waals surface area contributed by atoms with Gasteiger partial charge in [-0.3, -0.25) is 9.69 Å². The van der Waals surface area contributed by atoms with Crippen LogP contribution in [0.3, 0.4) is 0 Å². The highest BCUT2D eigenvalue weighted by atomic mass is 16.3. The molecule has 6 nitrogen and oxygen atoms in total. The van der Waals surface area contributed by atoms with Gasteiger partial charge in [-0.1, -0.05) is 6.07 Å². The average Bonchev–Trinajstić information content (AvgIpc) is 3.49. The lowest BCUT2D eigenvalue weighted by atomic mass is 9.55. The molecule has 3 fully saturated rings. The number of phenolic OH excluding ortho intramolecular Hbond substituents is 1. The fourth-order valence-corrected chi connectivity index (χ4v) is 7.40. The van der Waals surface area contributed by atoms with E-state index in [1.165, 1.54) is 36.1 Å². The Balaban J connectivity index is 1.42. The molecule has 1 unspecified atom stereocenters. The molecular weight excluding hydrogens is 438 g/mol. The first-order valence-electron chi connectivity index (χ1n) is 13.6. The molecule has 188 valence electrons. The van der Waals surface area contributed by atoms with E-state index in [1.54, 1.807) is 6.07 Å². The van der Waals surface area contributed by atoms with Gasteiger partial charge in [-0.15, -0.1) is 0 Å². The zero-order chi connectivity index (χ0) is 24.3. The van der Waals surface area contributed by atoms with Crippen molar-refractivity contribution in [1.29, 1.82) is 0 Å². The lowest BCUT2D eigenvalue weighted by Gasteiger charge is -2.55. The van der Waals surface area contributed by atoms with Crippen molar-refractivity contribution in [3.63, 3.8) is 0 Å². The summed E-state index contributed by atoms with van der Waals surface area (Å²) in [6.45, 7) is 8.45. The highest BCUT2D eigenvalue weighted by Gasteiger charge is 2.51. The van der Waals surface area contributed by atoms with Crippen molar-refractivity contribution in [3.8, 4) is 5.75 Å². The SMILES string of the molecule is Cc1ccc(O)cc1[C@]12CCN(CC3CC3)[C@H](C)[C@@H]1Cc1cc(C(O)N3CCCC3)c(=O)[nH]c1C2. The Labute approximate surface area is 208 Å². The quantitative estimate of drug-likeness (QED) is 0.613. The molecule has 2 aromatic rings. The minimum absolute atomic E-state index is 0.118. The summed E-state index contributed by atoms with van der Waals surface area (Å²) in [7, 11) is 0. The van der Waals surface area contributed by atoms with Gasteiger partial charge < -0.3 is 20.1 Å². The van der Waals surface area contributed by atoms with E-state index >= 15 is 0 Å². The van der Waals surface area contributed by atoms with Crippen molar-refractivity contribution < 1.29 is 10.2 Å². The van der Waals surface area contributed by atoms with Crippen molar-refractivity contribution in [1.82, 2.24) is 14.8 Å². The van der Waals surface area contributed by atoms with E-state index in [2.05, 4.69) is 23.7 Å². The molecule has 3 heterocycles. The Kier molecular flexibility index (Phi) is 5.82. The molecule has 1 aromatic heterocycles. The lowest BCUT2D eigenvalue weighted by molar-refractivity contribution is 0.0162. The number of aromatic hydroxyl groups is 1. The van der Waals surface area contributed by atoms with Gasteiger partial charge in [0.1, 0.15) is 12.0 Å². The van der Waals surface area contributed by atoms with Gasteiger partial charge >= 0.3 is 0 Å². The van der Waals surface area contributed by atoms with Crippen LogP contribution in [0, 0.1) is 18.8 Å². The summed E-state index contributed by atoms with van der Waals surface area (Å²) in [5.41, 5.74) is 4.84. The average molecular weight is 478 g/mol. The first kappa shape index (κ1) is 23.3. The molecule has 0 amide bonds. The topological polar surface area (TPSA) is 79.8 Å². The molecule has 3 N–H and O–H groups in total. The second kappa shape index (κ2) is 8.75. The van der Waals surface area contributed by atoms with Crippen LogP contribution >= 0.6 is 0 Å². The molecule has 0 bridgehead atoms. The number of benzene rings is 1. The molecule has 4 atom stereocenters. The number of hydrogen-bond donors (Lipinski definition) is 3. The van der Waals surface area contributed by atoms with E-state index in [1.807, 2.05) is 23.1 Å². The number of aromatic nitrogens is 1. The van der Waals surface area contributed by atoms with Crippen LogP contribution < -0.4 is 5.56 Å². The number of piperidine rings is 1. The Bertz CT molecular complexity index is 1170. The van der Waals surface area contributed by atoms with Gasteiger partial charge in [0, 0.05) is 36.8 Å². The monoisotopic (exact) mass is 477 g/mol. The van der Waals surface area contributed by atoms with Crippen molar-refractivity contribution >= 4 is 0 Å². The number of pyridine rings is 1. The van der Waals surface area contributed by atoms with Crippen LogP contribution in [0.4, 0.5) is 0 Å². The van der Waals surface area contributed by atoms with Crippen molar-refractivity contribution in [2.75, 3.05) is 26.2 Å². The molecule has 6 rings (SSSR count). The molecule has 6 heteroatoms. The maximum Gasteiger partial charge on any atom is 0.255 e. The predicted molar refractivity (Wildman–Crippen MR) is 137 cm³/mol. The number of aromatic amines is 1. The van der Waals surface area contributed by atoms with Crippen molar-refractivity contribution in [3.05, 3.63) is 62.6 Å². The van der Waals surface area contributed by atoms with Gasteiger partial charge in [0.2, 0.25) is 0 Å². The van der Waals surface area contributed by atoms with Gasteiger partial charge in [-0.25, -0.2) is 0 Å². The van der Waals surface area contributed by atoms with Crippen LogP contribution in [-0.4, -0.2) is 57.2 Å². The highest BCUT2D eigenvalue weighted by Crippen LogP contribution is 2.51. The summed E-state index contributed by atoms with van der Waals surface area (Å²) >= 11 is 0.